The van der Waals surface area contributed by atoms with Gasteiger partial charge < -0.3 is 24.7 Å². The first-order valence-corrected chi connectivity index (χ1v) is 11.5. The van der Waals surface area contributed by atoms with Gasteiger partial charge in [0, 0.05) is 13.1 Å². The number of amides is 2. The fourth-order valence-corrected chi connectivity index (χ4v) is 6.05. The summed E-state index contributed by atoms with van der Waals surface area (Å²) in [4.78, 5) is 42.8. The Balaban J connectivity index is 2.06. The maximum absolute atomic E-state index is 13.9. The first kappa shape index (κ1) is 23.7. The summed E-state index contributed by atoms with van der Waals surface area (Å²) in [6, 6.07) is -1.55. The molecule has 6 atom stereocenters. The van der Waals surface area contributed by atoms with Crippen LogP contribution < -0.4 is 0 Å². The molecule has 0 aliphatic carbocycles. The Morgan fingerprint density at radius 1 is 1.35 bits per heavy atom. The number of fused-ring (bicyclic) bond motifs is 1. The Hall–Kier alpha value is -1.93. The third-order valence-corrected chi connectivity index (χ3v) is 7.55. The van der Waals surface area contributed by atoms with Crippen molar-refractivity contribution in [3.8, 4) is 0 Å². The smallest absolute Gasteiger partial charge is 0.310 e. The first-order chi connectivity index (χ1) is 14.7. The van der Waals surface area contributed by atoms with Gasteiger partial charge in [0.2, 0.25) is 11.8 Å². The van der Waals surface area contributed by atoms with E-state index in [1.54, 1.807) is 17.9 Å². The second-order valence-electron chi connectivity index (χ2n) is 9.23. The third-order valence-electron chi connectivity index (χ3n) is 7.55. The van der Waals surface area contributed by atoms with Crippen molar-refractivity contribution in [2.75, 3.05) is 19.7 Å². The number of carboxylic acid groups (broad SMARTS) is 1. The van der Waals surface area contributed by atoms with Crippen molar-refractivity contribution in [3.63, 3.8) is 0 Å². The molecule has 0 saturated carbocycles. The van der Waals surface area contributed by atoms with Crippen LogP contribution in [0.4, 0.5) is 0 Å². The van der Waals surface area contributed by atoms with Crippen molar-refractivity contribution in [1.29, 1.82) is 0 Å². The number of carboxylic acids is 1. The number of hydrogen-bond donors (Lipinski definition) is 2. The van der Waals surface area contributed by atoms with Gasteiger partial charge in [-0.3, -0.25) is 14.4 Å². The highest BCUT2D eigenvalue weighted by atomic mass is 16.5. The van der Waals surface area contributed by atoms with Crippen LogP contribution >= 0.6 is 0 Å². The fraction of sp³-hybridized carbons (Fsp3) is 0.783. The normalized spacial score (nSPS) is 34.6. The molecule has 2 amide bonds. The van der Waals surface area contributed by atoms with Crippen LogP contribution in [-0.4, -0.2) is 80.8 Å². The maximum Gasteiger partial charge on any atom is 0.310 e. The average molecular weight is 437 g/mol. The minimum absolute atomic E-state index is 0.245. The van der Waals surface area contributed by atoms with E-state index < -0.39 is 47.0 Å². The van der Waals surface area contributed by atoms with Crippen molar-refractivity contribution in [3.05, 3.63) is 12.7 Å². The molecule has 3 aliphatic heterocycles. The molecular weight excluding hydrogens is 400 g/mol. The van der Waals surface area contributed by atoms with Crippen molar-refractivity contribution >= 4 is 17.8 Å². The summed E-state index contributed by atoms with van der Waals surface area (Å²) in [5.74, 6) is -3.60. The molecule has 2 bridgehead atoms. The molecule has 2 unspecified atom stereocenters. The number of nitrogens with zero attached hydrogens (tertiary/aromatic N) is 2. The number of ether oxygens (including phenoxy) is 1. The van der Waals surface area contributed by atoms with Crippen LogP contribution in [-0.2, 0) is 19.1 Å². The Bertz CT molecular complexity index is 742. The van der Waals surface area contributed by atoms with Crippen LogP contribution in [0, 0.1) is 11.8 Å². The molecule has 0 aromatic carbocycles. The van der Waals surface area contributed by atoms with E-state index in [0.29, 0.717) is 32.4 Å². The molecule has 3 saturated heterocycles. The van der Waals surface area contributed by atoms with Crippen molar-refractivity contribution in [1.82, 2.24) is 9.80 Å². The summed E-state index contributed by atoms with van der Waals surface area (Å²) in [6.45, 7) is 9.98. The zero-order chi connectivity index (χ0) is 23.0. The average Bonchev–Trinajstić information content (AvgIpc) is 3.36. The molecule has 31 heavy (non-hydrogen) atoms. The zero-order valence-electron chi connectivity index (χ0n) is 18.9. The molecule has 0 aromatic heterocycles. The number of carbonyl (C=O) groups excluding carboxylic acids is 2. The van der Waals surface area contributed by atoms with Crippen LogP contribution in [0.5, 0.6) is 0 Å². The highest BCUT2D eigenvalue weighted by Crippen LogP contribution is 2.64. The molecular formula is C23H36N2O6. The van der Waals surface area contributed by atoms with E-state index >= 15 is 0 Å². The summed E-state index contributed by atoms with van der Waals surface area (Å²) in [7, 11) is 0. The van der Waals surface area contributed by atoms with Gasteiger partial charge in [0.05, 0.1) is 24.2 Å². The monoisotopic (exact) mass is 436 g/mol. The van der Waals surface area contributed by atoms with E-state index in [0.717, 1.165) is 19.3 Å². The molecule has 3 aliphatic rings. The Morgan fingerprint density at radius 3 is 2.61 bits per heavy atom. The molecule has 174 valence electrons. The SMILES string of the molecule is C=CCN(CCCCC)C(=O)C1N([C@H](C)CO)C(=O)[C@@H]2[C@H](C(=O)O)[C@]3(CC)CCC12O3. The summed E-state index contributed by atoms with van der Waals surface area (Å²) in [5.41, 5.74) is -2.09. The van der Waals surface area contributed by atoms with Gasteiger partial charge in [-0.05, 0) is 32.6 Å². The lowest BCUT2D eigenvalue weighted by molar-refractivity contribution is -0.159. The van der Waals surface area contributed by atoms with Crippen molar-refractivity contribution < 1.29 is 29.3 Å². The van der Waals surface area contributed by atoms with Gasteiger partial charge in [-0.1, -0.05) is 32.8 Å². The van der Waals surface area contributed by atoms with Gasteiger partial charge in [0.25, 0.3) is 0 Å². The van der Waals surface area contributed by atoms with E-state index in [1.165, 1.54) is 4.90 Å². The van der Waals surface area contributed by atoms with Gasteiger partial charge in [-0.25, -0.2) is 0 Å². The molecule has 0 radical (unpaired) electrons. The third kappa shape index (κ3) is 3.48. The Morgan fingerprint density at radius 2 is 2.06 bits per heavy atom. The van der Waals surface area contributed by atoms with Crippen molar-refractivity contribution in [2.45, 2.75) is 82.6 Å². The summed E-state index contributed by atoms with van der Waals surface area (Å²) >= 11 is 0. The van der Waals surface area contributed by atoms with E-state index in [1.807, 2.05) is 6.92 Å². The van der Waals surface area contributed by atoms with Crippen LogP contribution in [0.3, 0.4) is 0 Å². The standard InChI is InChI=1S/C23H36N2O6/c1-5-8-9-13-24(12-6-2)20(28)18-23-11-10-22(7-3,31-23)17(21(29)30)16(23)19(27)25(18)15(4)14-26/h6,15-18,26H,2,5,7-14H2,1,3-4H3,(H,29,30)/t15-,16+,17-,18?,22+,23?/m1/s1. The highest BCUT2D eigenvalue weighted by Gasteiger charge is 2.79. The number of unbranched alkanes of at least 4 members (excludes halogenated alkanes) is 2. The number of aliphatic hydroxyl groups excluding tert-OH is 1. The number of aliphatic carboxylic acids is 1. The van der Waals surface area contributed by atoms with E-state index in [4.69, 9.17) is 4.74 Å². The minimum Gasteiger partial charge on any atom is -0.481 e. The number of aliphatic hydroxyl groups is 1. The molecule has 3 fully saturated rings. The summed E-state index contributed by atoms with van der Waals surface area (Å²) in [6.07, 6.45) is 5.93. The molecule has 1 spiro atoms. The predicted octanol–water partition coefficient (Wildman–Crippen LogP) is 1.81. The molecule has 3 heterocycles. The number of likely N-dealkylation sites (tertiary alicyclic amines) is 1. The number of carbonyl (C=O) groups is 3. The van der Waals surface area contributed by atoms with Crippen molar-refractivity contribution in [2.24, 2.45) is 11.8 Å². The molecule has 3 rings (SSSR count). The second-order valence-corrected chi connectivity index (χ2v) is 9.23. The zero-order valence-corrected chi connectivity index (χ0v) is 18.9. The fourth-order valence-electron chi connectivity index (χ4n) is 6.05. The number of rotatable bonds is 11. The largest absolute Gasteiger partial charge is 0.481 e. The molecule has 0 aromatic rings. The van der Waals surface area contributed by atoms with E-state index in [2.05, 4.69) is 13.5 Å². The minimum atomic E-state index is -1.17. The summed E-state index contributed by atoms with van der Waals surface area (Å²) < 4.78 is 6.48. The van der Waals surface area contributed by atoms with E-state index in [-0.39, 0.29) is 12.5 Å². The predicted molar refractivity (Wildman–Crippen MR) is 114 cm³/mol. The topological polar surface area (TPSA) is 107 Å². The lowest BCUT2D eigenvalue weighted by Crippen LogP contribution is -2.58. The molecule has 2 N–H and O–H groups in total. The quantitative estimate of drug-likeness (QED) is 0.378. The van der Waals surface area contributed by atoms with Gasteiger partial charge >= 0.3 is 5.97 Å². The van der Waals surface area contributed by atoms with Crippen LogP contribution in [0.15, 0.2) is 12.7 Å². The first-order valence-electron chi connectivity index (χ1n) is 11.5. The molecule has 8 heteroatoms. The van der Waals surface area contributed by atoms with Crippen LogP contribution in [0.1, 0.15) is 59.3 Å². The lowest BCUT2D eigenvalue weighted by atomic mass is 9.65. The van der Waals surface area contributed by atoms with Crippen LogP contribution in [0.2, 0.25) is 0 Å². The highest BCUT2D eigenvalue weighted by molar-refractivity contribution is 5.98. The summed E-state index contributed by atoms with van der Waals surface area (Å²) in [5, 5.41) is 19.9. The van der Waals surface area contributed by atoms with Gasteiger partial charge in [0.1, 0.15) is 17.6 Å². The van der Waals surface area contributed by atoms with E-state index in [9.17, 15) is 24.6 Å². The number of hydrogen-bond acceptors (Lipinski definition) is 5. The van der Waals surface area contributed by atoms with Crippen LogP contribution in [0.25, 0.3) is 0 Å². The Labute approximate surface area is 184 Å². The Kier molecular flexibility index (Phi) is 6.81. The van der Waals surface area contributed by atoms with Gasteiger partial charge in [-0.2, -0.15) is 0 Å². The lowest BCUT2D eigenvalue weighted by Gasteiger charge is -2.38. The van der Waals surface area contributed by atoms with Gasteiger partial charge in [-0.15, -0.1) is 6.58 Å². The molecule has 8 nitrogen and oxygen atoms in total. The second kappa shape index (κ2) is 8.90. The van der Waals surface area contributed by atoms with Gasteiger partial charge in [0.15, 0.2) is 0 Å². The maximum atomic E-state index is 13.9.